The lowest BCUT2D eigenvalue weighted by atomic mass is 9.81. The summed E-state index contributed by atoms with van der Waals surface area (Å²) in [5.41, 5.74) is 7.94. The number of amides is 3. The number of hydrogen-bond acceptors (Lipinski definition) is 5. The van der Waals surface area contributed by atoms with E-state index in [-0.39, 0.29) is 49.6 Å². The van der Waals surface area contributed by atoms with Crippen molar-refractivity contribution >= 4 is 40.6 Å². The van der Waals surface area contributed by atoms with Gasteiger partial charge in [0.15, 0.2) is 0 Å². The fraction of sp³-hybridized carbons (Fsp3) is 0.333. The van der Waals surface area contributed by atoms with Crippen LogP contribution >= 0.6 is 0 Å². The second-order valence-corrected chi connectivity index (χ2v) is 8.18. The van der Waals surface area contributed by atoms with E-state index in [4.69, 9.17) is 11.1 Å². The lowest BCUT2D eigenvalue weighted by Gasteiger charge is -2.25. The van der Waals surface area contributed by atoms with E-state index in [9.17, 15) is 19.5 Å². The van der Waals surface area contributed by atoms with E-state index in [0.717, 1.165) is 11.3 Å². The lowest BCUT2D eigenvalue weighted by Crippen LogP contribution is -2.34. The second-order valence-electron chi connectivity index (χ2n) is 8.18. The number of nitrogens with zero attached hydrogens (tertiary/aromatic N) is 1. The summed E-state index contributed by atoms with van der Waals surface area (Å²) in [7, 11) is 0. The molecular weight excluding hydrogens is 422 g/mol. The van der Waals surface area contributed by atoms with Crippen LogP contribution in [0.3, 0.4) is 0 Å². The number of aliphatic hydroxyl groups excluding tert-OH is 1. The van der Waals surface area contributed by atoms with Crippen LogP contribution in [-0.2, 0) is 19.8 Å². The van der Waals surface area contributed by atoms with Gasteiger partial charge in [-0.3, -0.25) is 19.8 Å². The van der Waals surface area contributed by atoms with Crippen molar-refractivity contribution < 1.29 is 19.5 Å². The predicted molar refractivity (Wildman–Crippen MR) is 127 cm³/mol. The topological polar surface area (TPSA) is 149 Å². The summed E-state index contributed by atoms with van der Waals surface area (Å²) in [6.07, 6.45) is 0.528. The van der Waals surface area contributed by atoms with Gasteiger partial charge < -0.3 is 26.4 Å². The first-order valence-corrected chi connectivity index (χ1v) is 10.8. The monoisotopic (exact) mass is 451 g/mol. The Morgan fingerprint density at radius 3 is 2.48 bits per heavy atom. The van der Waals surface area contributed by atoms with Crippen LogP contribution in [-0.4, -0.2) is 41.8 Å². The molecular formula is C24H29N5O4. The first-order chi connectivity index (χ1) is 15.7. The van der Waals surface area contributed by atoms with E-state index in [1.165, 1.54) is 4.90 Å². The van der Waals surface area contributed by atoms with Gasteiger partial charge in [-0.15, -0.1) is 0 Å². The zero-order chi connectivity index (χ0) is 24.2. The Hall–Kier alpha value is -3.72. The van der Waals surface area contributed by atoms with Crippen molar-refractivity contribution in [3.05, 3.63) is 53.6 Å². The third-order valence-electron chi connectivity index (χ3n) is 6.04. The van der Waals surface area contributed by atoms with Crippen molar-refractivity contribution in [1.29, 1.82) is 5.41 Å². The number of anilines is 3. The van der Waals surface area contributed by atoms with E-state index in [0.29, 0.717) is 23.4 Å². The van der Waals surface area contributed by atoms with E-state index in [1.807, 2.05) is 13.8 Å². The number of fused-ring (bicyclic) bond motifs is 1. The summed E-state index contributed by atoms with van der Waals surface area (Å²) in [4.78, 5) is 39.1. The molecule has 3 rings (SSSR count). The van der Waals surface area contributed by atoms with E-state index in [2.05, 4.69) is 10.6 Å². The molecule has 0 aliphatic carbocycles. The Morgan fingerprint density at radius 1 is 1.18 bits per heavy atom. The number of carbonyl (C=O) groups excluding carboxylic acids is 3. The number of benzene rings is 2. The molecule has 0 bridgehead atoms. The summed E-state index contributed by atoms with van der Waals surface area (Å²) >= 11 is 0. The minimum absolute atomic E-state index is 0.0348. The van der Waals surface area contributed by atoms with Crippen LogP contribution in [0, 0.1) is 5.41 Å². The molecule has 6 N–H and O–H groups in total. The number of nitrogens with two attached hydrogens (primary N) is 1. The average Bonchev–Trinajstić information content (AvgIpc) is 3.06. The molecule has 9 heteroatoms. The Kier molecular flexibility index (Phi) is 7.13. The quantitative estimate of drug-likeness (QED) is 0.293. The molecule has 1 atom stereocenters. The summed E-state index contributed by atoms with van der Waals surface area (Å²) in [6.45, 7) is 3.64. The molecule has 0 radical (unpaired) electrons. The molecule has 2 aromatic rings. The van der Waals surface area contributed by atoms with Crippen LogP contribution in [0.5, 0.6) is 0 Å². The van der Waals surface area contributed by atoms with Crippen LogP contribution in [0.4, 0.5) is 17.1 Å². The largest absolute Gasteiger partial charge is 0.395 e. The van der Waals surface area contributed by atoms with Crippen molar-refractivity contribution in [1.82, 2.24) is 0 Å². The number of rotatable bonds is 9. The second kappa shape index (κ2) is 9.83. The van der Waals surface area contributed by atoms with Gasteiger partial charge in [0.2, 0.25) is 17.7 Å². The molecule has 0 spiro atoms. The molecule has 9 nitrogen and oxygen atoms in total. The van der Waals surface area contributed by atoms with Crippen molar-refractivity contribution in [2.45, 2.75) is 38.5 Å². The highest BCUT2D eigenvalue weighted by Crippen LogP contribution is 2.41. The molecule has 33 heavy (non-hydrogen) atoms. The highest BCUT2D eigenvalue weighted by atomic mass is 16.3. The summed E-state index contributed by atoms with van der Waals surface area (Å²) in [5.74, 6) is -0.773. The minimum atomic E-state index is -0.683. The Morgan fingerprint density at radius 2 is 1.88 bits per heavy atom. The molecule has 0 saturated heterocycles. The van der Waals surface area contributed by atoms with Crippen LogP contribution in [0.25, 0.3) is 0 Å². The smallest absolute Gasteiger partial charge is 0.234 e. The third kappa shape index (κ3) is 5.04. The summed E-state index contributed by atoms with van der Waals surface area (Å²) < 4.78 is 0. The van der Waals surface area contributed by atoms with Gasteiger partial charge in [-0.2, -0.15) is 0 Å². The SMILES string of the molecule is CCC1(C)C(=O)Nc2ccc(N(CCO)C(=O)CCC(=O)Nc3ccc(C(=N)N)cc3)cc21. The fourth-order valence-corrected chi connectivity index (χ4v) is 3.81. The van der Waals surface area contributed by atoms with Gasteiger partial charge in [0.25, 0.3) is 0 Å². The van der Waals surface area contributed by atoms with Crippen LogP contribution in [0.2, 0.25) is 0 Å². The highest BCUT2D eigenvalue weighted by Gasteiger charge is 2.41. The standard InChI is InChI=1S/C24H29N5O4/c1-3-24(2)18-14-17(8-9-19(18)28-23(24)33)29(12-13-30)21(32)11-10-20(31)27-16-6-4-15(5-7-16)22(25)26/h4-9,14,30H,3,10-13H2,1-2H3,(H3,25,26)(H,27,31)(H,28,33). The number of carbonyl (C=O) groups is 3. The maximum Gasteiger partial charge on any atom is 0.234 e. The van der Waals surface area contributed by atoms with Crippen LogP contribution in [0.1, 0.15) is 44.2 Å². The van der Waals surface area contributed by atoms with Crippen LogP contribution < -0.4 is 21.3 Å². The first kappa shape index (κ1) is 23.9. The number of nitrogens with one attached hydrogen (secondary N) is 3. The Labute approximate surface area is 192 Å². The zero-order valence-electron chi connectivity index (χ0n) is 18.8. The maximum atomic E-state index is 12.9. The molecule has 174 valence electrons. The first-order valence-electron chi connectivity index (χ1n) is 10.8. The highest BCUT2D eigenvalue weighted by molar-refractivity contribution is 6.07. The molecule has 1 aliphatic rings. The normalized spacial score (nSPS) is 16.6. The van der Waals surface area contributed by atoms with Gasteiger partial charge in [0.1, 0.15) is 5.84 Å². The van der Waals surface area contributed by atoms with Crippen molar-refractivity contribution in [2.24, 2.45) is 5.73 Å². The lowest BCUT2D eigenvalue weighted by molar-refractivity contribution is -0.122. The molecule has 0 saturated carbocycles. The number of hydrogen-bond donors (Lipinski definition) is 5. The number of amidine groups is 1. The van der Waals surface area contributed by atoms with Crippen LogP contribution in [0.15, 0.2) is 42.5 Å². The van der Waals surface area contributed by atoms with Gasteiger partial charge in [-0.1, -0.05) is 6.92 Å². The van der Waals surface area contributed by atoms with Gasteiger partial charge in [0.05, 0.1) is 12.0 Å². The van der Waals surface area contributed by atoms with Crippen molar-refractivity contribution in [3.63, 3.8) is 0 Å². The van der Waals surface area contributed by atoms with Gasteiger partial charge in [0, 0.05) is 42.0 Å². The predicted octanol–water partition coefficient (Wildman–Crippen LogP) is 2.33. The number of nitrogen functional groups attached to an aromatic ring is 1. The molecule has 1 aliphatic heterocycles. The summed E-state index contributed by atoms with van der Waals surface area (Å²) in [5, 5.41) is 22.5. The minimum Gasteiger partial charge on any atom is -0.395 e. The molecule has 2 aromatic carbocycles. The molecule has 1 heterocycles. The number of aliphatic hydroxyl groups is 1. The molecule has 1 unspecified atom stereocenters. The van der Waals surface area contributed by atoms with Crippen molar-refractivity contribution in [3.8, 4) is 0 Å². The third-order valence-corrected chi connectivity index (χ3v) is 6.04. The van der Waals surface area contributed by atoms with E-state index in [1.54, 1.807) is 42.5 Å². The zero-order valence-corrected chi connectivity index (χ0v) is 18.8. The Balaban J connectivity index is 1.68. The average molecular weight is 452 g/mol. The Bertz CT molecular complexity index is 1080. The van der Waals surface area contributed by atoms with Gasteiger partial charge in [-0.05, 0) is 61.4 Å². The fourth-order valence-electron chi connectivity index (χ4n) is 3.81. The van der Waals surface area contributed by atoms with Gasteiger partial charge in [-0.25, -0.2) is 0 Å². The van der Waals surface area contributed by atoms with E-state index >= 15 is 0 Å². The molecule has 0 fully saturated rings. The maximum absolute atomic E-state index is 12.9. The summed E-state index contributed by atoms with van der Waals surface area (Å²) in [6, 6.07) is 11.8. The molecule has 3 amide bonds. The van der Waals surface area contributed by atoms with Gasteiger partial charge >= 0.3 is 0 Å². The van der Waals surface area contributed by atoms with E-state index < -0.39 is 5.41 Å². The molecule has 0 aromatic heterocycles. The van der Waals surface area contributed by atoms with Crippen molar-refractivity contribution in [2.75, 3.05) is 28.7 Å².